The summed E-state index contributed by atoms with van der Waals surface area (Å²) < 4.78 is 5.06. The van der Waals surface area contributed by atoms with Crippen LogP contribution in [0.25, 0.3) is 6.08 Å². The van der Waals surface area contributed by atoms with Gasteiger partial charge in [-0.1, -0.05) is 29.3 Å². The first kappa shape index (κ1) is 21.0. The van der Waals surface area contributed by atoms with E-state index in [0.29, 0.717) is 26.2 Å². The van der Waals surface area contributed by atoms with Crippen LogP contribution in [-0.4, -0.2) is 18.5 Å². The molecule has 1 aromatic carbocycles. The Morgan fingerprint density at radius 1 is 1.33 bits per heavy atom. The van der Waals surface area contributed by atoms with E-state index in [2.05, 4.69) is 5.32 Å². The van der Waals surface area contributed by atoms with Gasteiger partial charge in [-0.15, -0.1) is 11.3 Å². The largest absolute Gasteiger partial charge is 0.462 e. The maximum Gasteiger partial charge on any atom is 0.341 e. The van der Waals surface area contributed by atoms with Gasteiger partial charge in [0.25, 0.3) is 5.91 Å². The molecule has 1 amide bonds. The summed E-state index contributed by atoms with van der Waals surface area (Å²) in [6.45, 7) is 5.55. The number of amides is 1. The van der Waals surface area contributed by atoms with Gasteiger partial charge in [0, 0.05) is 14.9 Å². The van der Waals surface area contributed by atoms with E-state index in [-0.39, 0.29) is 12.2 Å². The van der Waals surface area contributed by atoms with E-state index >= 15 is 0 Å². The molecule has 0 aliphatic heterocycles. The van der Waals surface area contributed by atoms with E-state index in [4.69, 9.17) is 27.9 Å². The summed E-state index contributed by atoms with van der Waals surface area (Å²) in [7, 11) is 0. The van der Waals surface area contributed by atoms with Gasteiger partial charge < -0.3 is 10.1 Å². The van der Waals surface area contributed by atoms with Crippen molar-refractivity contribution in [1.82, 2.24) is 0 Å². The number of ether oxygens (including phenoxy) is 1. The van der Waals surface area contributed by atoms with Crippen molar-refractivity contribution in [2.45, 2.75) is 20.8 Å². The summed E-state index contributed by atoms with van der Waals surface area (Å²) >= 11 is 13.2. The number of thiophene rings is 1. The highest BCUT2D eigenvalue weighted by Crippen LogP contribution is 2.33. The van der Waals surface area contributed by atoms with Crippen molar-refractivity contribution in [2.24, 2.45) is 0 Å². The van der Waals surface area contributed by atoms with Gasteiger partial charge in [0.1, 0.15) is 16.6 Å². The Bertz CT molecular complexity index is 974. The van der Waals surface area contributed by atoms with E-state index in [1.807, 2.05) is 13.0 Å². The Balaban J connectivity index is 2.35. The maximum atomic E-state index is 12.6. The number of nitrogens with one attached hydrogen (secondary N) is 1. The van der Waals surface area contributed by atoms with Crippen molar-refractivity contribution >= 4 is 57.5 Å². The van der Waals surface area contributed by atoms with Gasteiger partial charge in [-0.2, -0.15) is 5.26 Å². The van der Waals surface area contributed by atoms with Crippen LogP contribution in [0.15, 0.2) is 23.8 Å². The standard InChI is InChI=1S/C19H16Cl2N2O3S/c1-4-26-19(25)16-10(2)11(3)27-18(16)23-17(24)13(9-22)7-12-5-6-14(20)8-15(12)21/h5-8H,4H2,1-3H3,(H,23,24)/b13-7+. The van der Waals surface area contributed by atoms with E-state index in [1.54, 1.807) is 26.0 Å². The second-order valence-electron chi connectivity index (χ2n) is 5.50. The first-order valence-electron chi connectivity index (χ1n) is 7.93. The number of nitrogens with zero attached hydrogens (tertiary/aromatic N) is 1. The third-order valence-corrected chi connectivity index (χ3v) is 5.40. The summed E-state index contributed by atoms with van der Waals surface area (Å²) in [6.07, 6.45) is 1.37. The Hall–Kier alpha value is -2.33. The van der Waals surface area contributed by atoms with E-state index in [1.165, 1.54) is 23.5 Å². The predicted octanol–water partition coefficient (Wildman–Crippen LogP) is 5.39. The summed E-state index contributed by atoms with van der Waals surface area (Å²) in [5.74, 6) is -1.16. The Morgan fingerprint density at radius 2 is 2.04 bits per heavy atom. The molecule has 1 aromatic heterocycles. The van der Waals surface area contributed by atoms with Crippen LogP contribution in [0.3, 0.4) is 0 Å². The third-order valence-electron chi connectivity index (χ3n) is 3.72. The molecule has 0 spiro atoms. The van der Waals surface area contributed by atoms with Crippen LogP contribution in [0.1, 0.15) is 33.3 Å². The molecule has 2 aromatic rings. The molecule has 0 saturated heterocycles. The van der Waals surface area contributed by atoms with Gasteiger partial charge in [-0.05, 0) is 50.1 Å². The normalized spacial score (nSPS) is 11.0. The van der Waals surface area contributed by atoms with Gasteiger partial charge >= 0.3 is 5.97 Å². The number of carbonyl (C=O) groups excluding carboxylic acids is 2. The first-order valence-corrected chi connectivity index (χ1v) is 9.51. The zero-order chi connectivity index (χ0) is 20.1. The van der Waals surface area contributed by atoms with Crippen molar-refractivity contribution in [3.05, 3.63) is 55.4 Å². The fraction of sp³-hybridized carbons (Fsp3) is 0.211. The lowest BCUT2D eigenvalue weighted by Crippen LogP contribution is -2.16. The monoisotopic (exact) mass is 422 g/mol. The number of rotatable bonds is 5. The second-order valence-corrected chi connectivity index (χ2v) is 7.57. The molecule has 0 atom stereocenters. The average Bonchev–Trinajstić information content (AvgIpc) is 2.88. The van der Waals surface area contributed by atoms with Gasteiger partial charge in [0.05, 0.1) is 12.2 Å². The summed E-state index contributed by atoms with van der Waals surface area (Å²) in [6, 6.07) is 6.59. The minimum Gasteiger partial charge on any atom is -0.462 e. The number of anilines is 1. The van der Waals surface area contributed by atoms with Crippen LogP contribution in [0, 0.1) is 25.2 Å². The molecule has 27 heavy (non-hydrogen) atoms. The summed E-state index contributed by atoms with van der Waals surface area (Å²) in [4.78, 5) is 25.6. The fourth-order valence-electron chi connectivity index (χ4n) is 2.26. The number of carbonyl (C=O) groups is 2. The summed E-state index contributed by atoms with van der Waals surface area (Å²) in [5.41, 5.74) is 1.36. The Kier molecular flexibility index (Phi) is 7.03. The lowest BCUT2D eigenvalue weighted by molar-refractivity contribution is -0.112. The number of hydrogen-bond acceptors (Lipinski definition) is 5. The molecular weight excluding hydrogens is 407 g/mol. The number of aryl methyl sites for hydroxylation is 1. The van der Waals surface area contributed by atoms with Crippen molar-refractivity contribution < 1.29 is 14.3 Å². The van der Waals surface area contributed by atoms with Crippen LogP contribution in [0.4, 0.5) is 5.00 Å². The molecule has 0 aliphatic rings. The van der Waals surface area contributed by atoms with Crippen molar-refractivity contribution in [2.75, 3.05) is 11.9 Å². The maximum absolute atomic E-state index is 12.6. The SMILES string of the molecule is CCOC(=O)c1c(NC(=O)/C(C#N)=C/c2ccc(Cl)cc2Cl)sc(C)c1C. The zero-order valence-electron chi connectivity index (χ0n) is 14.9. The molecular formula is C19H16Cl2N2O3S. The highest BCUT2D eigenvalue weighted by atomic mass is 35.5. The fourth-order valence-corrected chi connectivity index (χ4v) is 3.76. The lowest BCUT2D eigenvalue weighted by Gasteiger charge is -2.07. The van der Waals surface area contributed by atoms with Crippen LogP contribution in [-0.2, 0) is 9.53 Å². The number of hydrogen-bond donors (Lipinski definition) is 1. The number of halogens is 2. The minimum absolute atomic E-state index is 0.155. The molecule has 0 radical (unpaired) electrons. The van der Waals surface area contributed by atoms with Crippen molar-refractivity contribution in [1.29, 1.82) is 5.26 Å². The van der Waals surface area contributed by atoms with Gasteiger partial charge in [-0.3, -0.25) is 4.79 Å². The molecule has 0 bridgehead atoms. The van der Waals surface area contributed by atoms with Crippen LogP contribution in [0.2, 0.25) is 10.0 Å². The van der Waals surface area contributed by atoms with Crippen LogP contribution in [0.5, 0.6) is 0 Å². The third kappa shape index (κ3) is 4.89. The average molecular weight is 423 g/mol. The van der Waals surface area contributed by atoms with E-state index < -0.39 is 11.9 Å². The first-order chi connectivity index (χ1) is 12.8. The molecule has 0 unspecified atom stereocenters. The lowest BCUT2D eigenvalue weighted by atomic mass is 10.1. The molecule has 0 fully saturated rings. The summed E-state index contributed by atoms with van der Waals surface area (Å²) in [5, 5.41) is 13.1. The van der Waals surface area contributed by atoms with E-state index in [9.17, 15) is 14.9 Å². The van der Waals surface area contributed by atoms with Crippen LogP contribution < -0.4 is 5.32 Å². The topological polar surface area (TPSA) is 79.2 Å². The number of nitriles is 1. The number of benzene rings is 1. The smallest absolute Gasteiger partial charge is 0.341 e. The van der Waals surface area contributed by atoms with Gasteiger partial charge in [0.2, 0.25) is 0 Å². The van der Waals surface area contributed by atoms with Crippen LogP contribution >= 0.6 is 34.5 Å². The molecule has 8 heteroatoms. The van der Waals surface area contributed by atoms with Gasteiger partial charge in [0.15, 0.2) is 0 Å². The second kappa shape index (κ2) is 9.05. The molecule has 0 aliphatic carbocycles. The zero-order valence-corrected chi connectivity index (χ0v) is 17.2. The predicted molar refractivity (Wildman–Crippen MR) is 108 cm³/mol. The molecule has 1 N–H and O–H groups in total. The Morgan fingerprint density at radius 3 is 2.63 bits per heavy atom. The van der Waals surface area contributed by atoms with E-state index in [0.717, 1.165) is 10.4 Å². The number of esters is 1. The molecule has 2 rings (SSSR count). The molecule has 1 heterocycles. The van der Waals surface area contributed by atoms with Crippen molar-refractivity contribution in [3.8, 4) is 6.07 Å². The molecule has 0 saturated carbocycles. The Labute approximate surface area is 171 Å². The van der Waals surface area contributed by atoms with Crippen molar-refractivity contribution in [3.63, 3.8) is 0 Å². The molecule has 140 valence electrons. The van der Waals surface area contributed by atoms with Gasteiger partial charge in [-0.25, -0.2) is 4.79 Å². The highest BCUT2D eigenvalue weighted by Gasteiger charge is 2.23. The minimum atomic E-state index is -0.643. The highest BCUT2D eigenvalue weighted by molar-refractivity contribution is 7.16. The quantitative estimate of drug-likeness (QED) is 0.397. The molecule has 5 nitrogen and oxygen atoms in total.